The highest BCUT2D eigenvalue weighted by atomic mass is 32.1. The van der Waals surface area contributed by atoms with Crippen LogP contribution in [0.3, 0.4) is 0 Å². The second kappa shape index (κ2) is 8.35. The SMILES string of the molecule is CCOC(=O)C1=C(C)N=c2sc(=Cc3cnn(C)c3)c(=O)n2[C@@H]1c1ccc(OC)cc1. The maximum Gasteiger partial charge on any atom is 0.338 e. The number of carbonyl (C=O) groups excluding carboxylic acids is 1. The van der Waals surface area contributed by atoms with Gasteiger partial charge in [-0.3, -0.25) is 14.0 Å². The van der Waals surface area contributed by atoms with Crippen LogP contribution in [-0.4, -0.2) is 34.0 Å². The first-order valence-corrected chi connectivity index (χ1v) is 10.6. The molecular weight excluding hydrogens is 416 g/mol. The van der Waals surface area contributed by atoms with Crippen LogP contribution in [0.5, 0.6) is 5.75 Å². The number of allylic oxidation sites excluding steroid dienone is 1. The molecule has 31 heavy (non-hydrogen) atoms. The van der Waals surface area contributed by atoms with Crippen LogP contribution in [0.4, 0.5) is 0 Å². The lowest BCUT2D eigenvalue weighted by atomic mass is 9.96. The van der Waals surface area contributed by atoms with E-state index in [0.717, 1.165) is 11.1 Å². The number of hydrogen-bond acceptors (Lipinski definition) is 7. The Morgan fingerprint density at radius 1 is 1.29 bits per heavy atom. The maximum atomic E-state index is 13.4. The number of esters is 1. The fourth-order valence-electron chi connectivity index (χ4n) is 3.56. The molecule has 0 fully saturated rings. The summed E-state index contributed by atoms with van der Waals surface area (Å²) in [6, 6.07) is 6.66. The molecule has 4 rings (SSSR count). The largest absolute Gasteiger partial charge is 0.497 e. The van der Waals surface area contributed by atoms with E-state index in [1.54, 1.807) is 54.6 Å². The Labute approximate surface area is 182 Å². The van der Waals surface area contributed by atoms with E-state index >= 15 is 0 Å². The molecule has 3 heterocycles. The Morgan fingerprint density at radius 3 is 2.65 bits per heavy atom. The second-order valence-electron chi connectivity index (χ2n) is 7.02. The Balaban J connectivity index is 1.94. The minimum absolute atomic E-state index is 0.220. The summed E-state index contributed by atoms with van der Waals surface area (Å²) >= 11 is 1.28. The summed E-state index contributed by atoms with van der Waals surface area (Å²) in [6.45, 7) is 3.75. The van der Waals surface area contributed by atoms with Gasteiger partial charge < -0.3 is 9.47 Å². The number of hydrogen-bond donors (Lipinski definition) is 0. The first-order chi connectivity index (χ1) is 14.9. The average molecular weight is 439 g/mol. The molecule has 0 bridgehead atoms. The average Bonchev–Trinajstić information content (AvgIpc) is 3.30. The third kappa shape index (κ3) is 3.84. The summed E-state index contributed by atoms with van der Waals surface area (Å²) < 4.78 is 14.3. The van der Waals surface area contributed by atoms with Crippen molar-refractivity contribution in [3.63, 3.8) is 0 Å². The van der Waals surface area contributed by atoms with Crippen molar-refractivity contribution in [1.29, 1.82) is 0 Å². The standard InChI is InChI=1S/C22H22N4O4S/c1-5-30-21(28)18-13(2)24-22-26(19(18)15-6-8-16(29-4)9-7-15)20(27)17(31-22)10-14-11-23-25(3)12-14/h6-12,19H,5H2,1-4H3/t19-/m1/s1. The van der Waals surface area contributed by atoms with Crippen LogP contribution < -0.4 is 19.6 Å². The zero-order valence-corrected chi connectivity index (χ0v) is 18.5. The van der Waals surface area contributed by atoms with Gasteiger partial charge in [-0.25, -0.2) is 9.79 Å². The van der Waals surface area contributed by atoms with Crippen LogP contribution >= 0.6 is 11.3 Å². The molecule has 0 aliphatic carbocycles. The molecule has 1 aliphatic rings. The molecule has 3 aromatic rings. The molecule has 8 nitrogen and oxygen atoms in total. The Hall–Kier alpha value is -3.46. The molecule has 0 saturated heterocycles. The van der Waals surface area contributed by atoms with E-state index in [2.05, 4.69) is 10.1 Å². The summed E-state index contributed by atoms with van der Waals surface area (Å²) in [5, 5.41) is 4.15. The first kappa shape index (κ1) is 20.8. The van der Waals surface area contributed by atoms with Crippen molar-refractivity contribution in [2.75, 3.05) is 13.7 Å². The van der Waals surface area contributed by atoms with Gasteiger partial charge in [0, 0.05) is 18.8 Å². The minimum Gasteiger partial charge on any atom is -0.497 e. The molecular formula is C22H22N4O4S. The number of rotatable bonds is 5. The third-order valence-corrected chi connectivity index (χ3v) is 5.95. The van der Waals surface area contributed by atoms with Gasteiger partial charge in [0.1, 0.15) is 5.75 Å². The van der Waals surface area contributed by atoms with Gasteiger partial charge in [-0.2, -0.15) is 5.10 Å². The lowest BCUT2D eigenvalue weighted by Crippen LogP contribution is -2.39. The van der Waals surface area contributed by atoms with Crippen molar-refractivity contribution in [3.8, 4) is 5.75 Å². The fourth-order valence-corrected chi connectivity index (χ4v) is 4.61. The number of ether oxygens (including phenoxy) is 2. The summed E-state index contributed by atoms with van der Waals surface area (Å²) in [6.07, 6.45) is 5.30. The molecule has 2 aromatic heterocycles. The predicted molar refractivity (Wildman–Crippen MR) is 117 cm³/mol. The maximum absolute atomic E-state index is 13.4. The van der Waals surface area contributed by atoms with Crippen LogP contribution in [0.1, 0.15) is 31.0 Å². The lowest BCUT2D eigenvalue weighted by Gasteiger charge is -2.24. The van der Waals surface area contributed by atoms with Gasteiger partial charge in [0.15, 0.2) is 4.80 Å². The zero-order chi connectivity index (χ0) is 22.1. The van der Waals surface area contributed by atoms with E-state index in [4.69, 9.17) is 9.47 Å². The van der Waals surface area contributed by atoms with E-state index in [1.165, 1.54) is 11.3 Å². The molecule has 0 spiro atoms. The number of aromatic nitrogens is 3. The van der Waals surface area contributed by atoms with Crippen LogP contribution in [0.2, 0.25) is 0 Å². The van der Waals surface area contributed by atoms with Crippen molar-refractivity contribution in [3.05, 3.63) is 78.7 Å². The molecule has 1 aromatic carbocycles. The van der Waals surface area contributed by atoms with Crippen molar-refractivity contribution < 1.29 is 14.3 Å². The van der Waals surface area contributed by atoms with Gasteiger partial charge >= 0.3 is 5.97 Å². The minimum atomic E-state index is -0.641. The number of benzene rings is 1. The van der Waals surface area contributed by atoms with Gasteiger partial charge in [0.05, 0.1) is 41.8 Å². The Morgan fingerprint density at radius 2 is 2.03 bits per heavy atom. The highest BCUT2D eigenvalue weighted by Gasteiger charge is 2.33. The number of carbonyl (C=O) groups is 1. The molecule has 0 N–H and O–H groups in total. The van der Waals surface area contributed by atoms with Gasteiger partial charge in [-0.15, -0.1) is 0 Å². The molecule has 0 amide bonds. The van der Waals surface area contributed by atoms with Crippen molar-refractivity contribution in [2.24, 2.45) is 12.0 Å². The monoisotopic (exact) mass is 438 g/mol. The fraction of sp³-hybridized carbons (Fsp3) is 0.273. The molecule has 160 valence electrons. The van der Waals surface area contributed by atoms with Crippen LogP contribution in [0.15, 0.2) is 57.7 Å². The summed E-state index contributed by atoms with van der Waals surface area (Å²) in [4.78, 5) is 31.4. The smallest absolute Gasteiger partial charge is 0.338 e. The number of methoxy groups -OCH3 is 1. The highest BCUT2D eigenvalue weighted by Crippen LogP contribution is 2.31. The van der Waals surface area contributed by atoms with Crippen LogP contribution in [0, 0.1) is 0 Å². The Bertz CT molecular complexity index is 1350. The summed E-state index contributed by atoms with van der Waals surface area (Å²) in [5.74, 6) is 0.206. The second-order valence-corrected chi connectivity index (χ2v) is 8.03. The first-order valence-electron chi connectivity index (χ1n) is 9.75. The zero-order valence-electron chi connectivity index (χ0n) is 17.7. The summed E-state index contributed by atoms with van der Waals surface area (Å²) in [5.41, 5.74) is 2.26. The van der Waals surface area contributed by atoms with Crippen LogP contribution in [-0.2, 0) is 16.6 Å². The van der Waals surface area contributed by atoms with Gasteiger partial charge in [0.2, 0.25) is 0 Å². The highest BCUT2D eigenvalue weighted by molar-refractivity contribution is 7.07. The lowest BCUT2D eigenvalue weighted by molar-refractivity contribution is -0.139. The van der Waals surface area contributed by atoms with Gasteiger partial charge in [-0.1, -0.05) is 23.5 Å². The van der Waals surface area contributed by atoms with E-state index in [1.807, 2.05) is 25.4 Å². The van der Waals surface area contributed by atoms with Crippen molar-refractivity contribution in [1.82, 2.24) is 14.3 Å². The van der Waals surface area contributed by atoms with Crippen molar-refractivity contribution >= 4 is 23.4 Å². The van der Waals surface area contributed by atoms with Gasteiger partial charge in [0.25, 0.3) is 5.56 Å². The third-order valence-electron chi connectivity index (χ3n) is 4.97. The molecule has 1 atom stereocenters. The normalized spacial score (nSPS) is 16.1. The van der Waals surface area contributed by atoms with Crippen LogP contribution in [0.25, 0.3) is 6.08 Å². The topological polar surface area (TPSA) is 87.7 Å². The van der Waals surface area contributed by atoms with E-state index < -0.39 is 12.0 Å². The molecule has 0 unspecified atom stereocenters. The van der Waals surface area contributed by atoms with E-state index in [0.29, 0.717) is 26.4 Å². The summed E-state index contributed by atoms with van der Waals surface area (Å²) in [7, 11) is 3.40. The predicted octanol–water partition coefficient (Wildman–Crippen LogP) is 1.54. The molecule has 1 aliphatic heterocycles. The number of nitrogens with zero attached hydrogens (tertiary/aromatic N) is 4. The molecule has 9 heteroatoms. The molecule has 0 radical (unpaired) electrons. The van der Waals surface area contributed by atoms with Crippen molar-refractivity contribution in [2.45, 2.75) is 19.9 Å². The van der Waals surface area contributed by atoms with E-state index in [9.17, 15) is 9.59 Å². The molecule has 0 saturated carbocycles. The number of thiazole rings is 1. The number of aryl methyl sites for hydroxylation is 1. The van der Waals surface area contributed by atoms with Gasteiger partial charge in [-0.05, 0) is 37.6 Å². The van der Waals surface area contributed by atoms with E-state index in [-0.39, 0.29) is 12.2 Å². The Kier molecular flexibility index (Phi) is 5.60. The quantitative estimate of drug-likeness (QED) is 0.564. The number of fused-ring (bicyclic) bond motifs is 1.